The molecule has 3 aliphatic carbocycles. The van der Waals surface area contributed by atoms with Gasteiger partial charge in [-0.3, -0.25) is 0 Å². The minimum Gasteiger partial charge on any atom is -0.334 e. The van der Waals surface area contributed by atoms with Crippen molar-refractivity contribution in [2.75, 3.05) is 14.7 Å². The van der Waals surface area contributed by atoms with E-state index in [1.165, 1.54) is 136 Å². The van der Waals surface area contributed by atoms with Crippen molar-refractivity contribution < 1.29 is 0 Å². The molecule has 6 aliphatic rings. The average molecular weight is 1020 g/mol. The fraction of sp³-hybridized carbons (Fsp3) is 0.351. The zero-order valence-corrected chi connectivity index (χ0v) is 48.6. The fourth-order valence-corrected chi connectivity index (χ4v) is 16.2. The van der Waals surface area contributed by atoms with Crippen molar-refractivity contribution in [3.05, 3.63) is 208 Å². The molecule has 2 atom stereocenters. The second-order valence-electron chi connectivity index (χ2n) is 28.6. The van der Waals surface area contributed by atoms with Gasteiger partial charge in [-0.2, -0.15) is 0 Å². The topological polar surface area (TPSA) is 9.72 Å². The maximum atomic E-state index is 2.83. The molecule has 0 aromatic heterocycles. The SMILES string of the molecule is Cc1cc2c3c(c1)N(c1ccc(C(C)(C)C)cc1-c1ccccc1)c1cc(N4c5ccc(C(C)(C)C)cc5C5(c6ccccc6)CCCCC45C)ccc1B3c1cc3c(cc1N2c1ccc2c(c1)CC(C)(C)C2)CC(C)(C)C3. The summed E-state index contributed by atoms with van der Waals surface area (Å²) in [5.74, 6) is 0. The van der Waals surface area contributed by atoms with Crippen molar-refractivity contribution in [2.24, 2.45) is 10.8 Å². The highest BCUT2D eigenvalue weighted by molar-refractivity contribution is 7.00. The van der Waals surface area contributed by atoms with Crippen LogP contribution in [0.25, 0.3) is 11.1 Å². The monoisotopic (exact) mass is 1020 g/mol. The van der Waals surface area contributed by atoms with Gasteiger partial charge in [0.15, 0.2) is 0 Å². The Morgan fingerprint density at radius 2 is 1.03 bits per heavy atom. The third kappa shape index (κ3) is 7.36. The quantitative estimate of drug-likeness (QED) is 0.159. The summed E-state index contributed by atoms with van der Waals surface area (Å²) in [5.41, 5.74) is 30.0. The third-order valence-corrected chi connectivity index (χ3v) is 19.8. The van der Waals surface area contributed by atoms with E-state index in [0.717, 1.165) is 38.5 Å². The molecule has 1 saturated carbocycles. The molecule has 0 saturated heterocycles. The minimum atomic E-state index is -0.221. The van der Waals surface area contributed by atoms with Crippen LogP contribution in [0.2, 0.25) is 0 Å². The van der Waals surface area contributed by atoms with Gasteiger partial charge in [-0.05, 0) is 207 Å². The van der Waals surface area contributed by atoms with E-state index in [0.29, 0.717) is 0 Å². The van der Waals surface area contributed by atoms with Crippen LogP contribution in [0.1, 0.15) is 152 Å². The standard InChI is InChI=1S/C74H78BN3/c1-47-35-66-68-67(36-47)77(62-31-26-54(69(2,3)4)40-58(62)48-21-15-13-16-22-48)65-42-57(78-63-32-27-55(70(5,6)7)41-59(63)74(53-23-17-14-18-24-53)34-20-19-33-73(74,78)12)29-30-60(65)75(68)61-38-51-45-72(10,11)46-52(51)39-64(61)76(66)56-28-25-49-43-71(8,9)44-50(49)37-56/h13-18,21-32,35-42H,19-20,33-34,43-46H2,1-12H3. The molecule has 2 unspecified atom stereocenters. The fourth-order valence-electron chi connectivity index (χ4n) is 16.2. The molecule has 4 heteroatoms. The van der Waals surface area contributed by atoms with Gasteiger partial charge < -0.3 is 14.7 Å². The summed E-state index contributed by atoms with van der Waals surface area (Å²) in [7, 11) is 0. The Morgan fingerprint density at radius 1 is 0.449 bits per heavy atom. The van der Waals surface area contributed by atoms with Crippen LogP contribution in [0.3, 0.4) is 0 Å². The maximum absolute atomic E-state index is 2.83. The molecule has 392 valence electrons. The molecule has 8 aromatic rings. The smallest absolute Gasteiger partial charge is 0.252 e. The molecule has 1 fully saturated rings. The molecule has 8 aromatic carbocycles. The van der Waals surface area contributed by atoms with Crippen LogP contribution in [0, 0.1) is 17.8 Å². The van der Waals surface area contributed by atoms with Crippen LogP contribution in [0.15, 0.2) is 158 Å². The van der Waals surface area contributed by atoms with Crippen molar-refractivity contribution in [2.45, 2.75) is 156 Å². The van der Waals surface area contributed by atoms with E-state index in [4.69, 9.17) is 0 Å². The molecule has 3 aliphatic heterocycles. The van der Waals surface area contributed by atoms with Gasteiger partial charge in [0.25, 0.3) is 6.71 Å². The van der Waals surface area contributed by atoms with Crippen LogP contribution < -0.4 is 31.1 Å². The average Bonchev–Trinajstić information content (AvgIpc) is 4.08. The highest BCUT2D eigenvalue weighted by Gasteiger charge is 2.61. The lowest BCUT2D eigenvalue weighted by atomic mass is 9.33. The third-order valence-electron chi connectivity index (χ3n) is 19.8. The molecular formula is C74H78BN3. The lowest BCUT2D eigenvalue weighted by Gasteiger charge is -2.52. The van der Waals surface area contributed by atoms with Crippen molar-refractivity contribution in [1.29, 1.82) is 0 Å². The predicted octanol–water partition coefficient (Wildman–Crippen LogP) is 17.4. The zero-order valence-electron chi connectivity index (χ0n) is 48.6. The minimum absolute atomic E-state index is 0.0142. The molecule has 0 radical (unpaired) electrons. The van der Waals surface area contributed by atoms with Crippen LogP contribution in [0.5, 0.6) is 0 Å². The van der Waals surface area contributed by atoms with Crippen LogP contribution in [-0.4, -0.2) is 12.3 Å². The van der Waals surface area contributed by atoms with Crippen molar-refractivity contribution in [3.63, 3.8) is 0 Å². The number of hydrogen-bond donors (Lipinski definition) is 0. The van der Waals surface area contributed by atoms with Gasteiger partial charge >= 0.3 is 0 Å². The molecule has 3 nitrogen and oxygen atoms in total. The number of fused-ring (bicyclic) bond motifs is 9. The lowest BCUT2D eigenvalue weighted by molar-refractivity contribution is 0.215. The van der Waals surface area contributed by atoms with Crippen molar-refractivity contribution in [3.8, 4) is 11.1 Å². The van der Waals surface area contributed by atoms with Crippen molar-refractivity contribution in [1.82, 2.24) is 0 Å². The van der Waals surface area contributed by atoms with E-state index in [9.17, 15) is 0 Å². The molecule has 3 heterocycles. The first-order valence-corrected chi connectivity index (χ1v) is 29.5. The van der Waals surface area contributed by atoms with Crippen LogP contribution >= 0.6 is 0 Å². The Bertz CT molecular complexity index is 3780. The van der Waals surface area contributed by atoms with E-state index in [2.05, 4.69) is 256 Å². The van der Waals surface area contributed by atoms with Crippen molar-refractivity contribution >= 4 is 68.6 Å². The lowest BCUT2D eigenvalue weighted by Crippen LogP contribution is -2.61. The molecule has 0 spiro atoms. The molecular weight excluding hydrogens is 942 g/mol. The van der Waals surface area contributed by atoms with Gasteiger partial charge in [0, 0.05) is 50.8 Å². The highest BCUT2D eigenvalue weighted by atomic mass is 15.3. The van der Waals surface area contributed by atoms with Gasteiger partial charge in [-0.1, -0.05) is 179 Å². The van der Waals surface area contributed by atoms with Gasteiger partial charge in [0.2, 0.25) is 0 Å². The van der Waals surface area contributed by atoms with E-state index >= 15 is 0 Å². The van der Waals surface area contributed by atoms with E-state index in [1.54, 1.807) is 0 Å². The summed E-state index contributed by atoms with van der Waals surface area (Å²) in [4.78, 5) is 8.24. The summed E-state index contributed by atoms with van der Waals surface area (Å²) in [6, 6.07) is 63.3. The Morgan fingerprint density at radius 3 is 1.72 bits per heavy atom. The second kappa shape index (κ2) is 16.9. The van der Waals surface area contributed by atoms with E-state index < -0.39 is 0 Å². The highest BCUT2D eigenvalue weighted by Crippen LogP contribution is 2.64. The van der Waals surface area contributed by atoms with Gasteiger partial charge in [0.05, 0.1) is 11.2 Å². The zero-order chi connectivity index (χ0) is 54.1. The molecule has 14 rings (SSSR count). The largest absolute Gasteiger partial charge is 0.334 e. The summed E-state index contributed by atoms with van der Waals surface area (Å²) in [6.45, 7) is 29.0. The number of nitrogens with zero attached hydrogens (tertiary/aromatic N) is 3. The Labute approximate surface area is 466 Å². The molecule has 0 bridgehead atoms. The van der Waals surface area contributed by atoms with Gasteiger partial charge in [0.1, 0.15) is 0 Å². The number of aryl methyl sites for hydroxylation is 1. The van der Waals surface area contributed by atoms with E-state index in [1.807, 2.05) is 0 Å². The number of rotatable bonds is 5. The summed E-state index contributed by atoms with van der Waals surface area (Å²) < 4.78 is 0. The number of anilines is 8. The number of benzene rings is 8. The summed E-state index contributed by atoms with van der Waals surface area (Å²) >= 11 is 0. The Hall–Kier alpha value is -6.78. The predicted molar refractivity (Wildman–Crippen MR) is 333 cm³/mol. The first-order chi connectivity index (χ1) is 37.1. The Balaban J connectivity index is 1.07. The normalized spacial score (nSPS) is 21.1. The van der Waals surface area contributed by atoms with Crippen LogP contribution in [-0.2, 0) is 41.9 Å². The van der Waals surface area contributed by atoms with Crippen LogP contribution in [0.4, 0.5) is 45.5 Å². The first kappa shape index (κ1) is 49.5. The molecule has 0 amide bonds. The first-order valence-electron chi connectivity index (χ1n) is 29.5. The molecule has 0 N–H and O–H groups in total. The second-order valence-corrected chi connectivity index (χ2v) is 28.6. The Kier molecular flexibility index (Phi) is 10.7. The summed E-state index contributed by atoms with van der Waals surface area (Å²) in [5, 5.41) is 0. The van der Waals surface area contributed by atoms with E-state index in [-0.39, 0.29) is 39.3 Å². The maximum Gasteiger partial charge on any atom is 0.252 e. The summed E-state index contributed by atoms with van der Waals surface area (Å²) in [6.07, 6.45) is 9.06. The molecule has 78 heavy (non-hydrogen) atoms. The van der Waals surface area contributed by atoms with Gasteiger partial charge in [-0.25, -0.2) is 0 Å². The van der Waals surface area contributed by atoms with Gasteiger partial charge in [-0.15, -0.1) is 0 Å². The number of hydrogen-bond acceptors (Lipinski definition) is 3.